The van der Waals surface area contributed by atoms with Crippen molar-refractivity contribution in [3.63, 3.8) is 0 Å². The molecule has 1 atom stereocenters. The van der Waals surface area contributed by atoms with Gasteiger partial charge in [0.1, 0.15) is 17.5 Å². The number of carbonyl (C=O) groups excluding carboxylic acids is 2. The van der Waals surface area contributed by atoms with Crippen molar-refractivity contribution in [2.24, 2.45) is 0 Å². The van der Waals surface area contributed by atoms with E-state index in [9.17, 15) is 14.7 Å². The minimum atomic E-state index is -0.762. The molecule has 0 aliphatic heterocycles. The molecule has 10 nitrogen and oxygen atoms in total. The van der Waals surface area contributed by atoms with E-state index >= 15 is 0 Å². The number of amides is 2. The number of nitrogens with zero attached hydrogens (tertiary/aromatic N) is 3. The molecule has 3 rings (SSSR count). The lowest BCUT2D eigenvalue weighted by atomic mass is 10.2. The number of methoxy groups -OCH3 is 2. The molecule has 0 saturated carbocycles. The predicted octanol–water partition coefficient (Wildman–Crippen LogP) is 2.51. The Morgan fingerprint density at radius 1 is 1.09 bits per heavy atom. The number of aliphatic hydroxyl groups excluding tert-OH is 1. The third-order valence-corrected chi connectivity index (χ3v) is 5.87. The van der Waals surface area contributed by atoms with E-state index in [1.54, 1.807) is 67.3 Å². The molecule has 1 aromatic heterocycles. The van der Waals surface area contributed by atoms with Crippen LogP contribution in [0.2, 0.25) is 0 Å². The Bertz CT molecular complexity index is 1120. The topological polar surface area (TPSA) is 128 Å². The van der Waals surface area contributed by atoms with E-state index in [0.29, 0.717) is 40.3 Å². The zero-order valence-corrected chi connectivity index (χ0v) is 20.0. The van der Waals surface area contributed by atoms with Gasteiger partial charge in [-0.1, -0.05) is 17.8 Å². The fraction of sp³-hybridized carbons (Fsp3) is 0.304. The van der Waals surface area contributed by atoms with Crippen LogP contribution >= 0.6 is 11.8 Å². The Morgan fingerprint density at radius 2 is 1.82 bits per heavy atom. The molecule has 2 aromatic carbocycles. The second-order valence-corrected chi connectivity index (χ2v) is 8.03. The SMILES string of the molecule is CCn1c(SCC(=O)Nc2cccc(OC)c2)nnc1C(CO)NC(=O)c1ccc(OC)cc1. The van der Waals surface area contributed by atoms with Crippen molar-refractivity contribution in [3.8, 4) is 11.5 Å². The molecule has 0 saturated heterocycles. The van der Waals surface area contributed by atoms with Crippen molar-refractivity contribution in [3.05, 3.63) is 59.9 Å². The Kier molecular flexibility index (Phi) is 8.88. The summed E-state index contributed by atoms with van der Waals surface area (Å²) in [5.41, 5.74) is 1.05. The van der Waals surface area contributed by atoms with Gasteiger partial charge in [-0.25, -0.2) is 0 Å². The van der Waals surface area contributed by atoms with Crippen LogP contribution < -0.4 is 20.1 Å². The maximum absolute atomic E-state index is 12.6. The lowest BCUT2D eigenvalue weighted by Gasteiger charge is -2.17. The van der Waals surface area contributed by atoms with Gasteiger partial charge in [0.25, 0.3) is 5.91 Å². The molecule has 0 aliphatic carbocycles. The summed E-state index contributed by atoms with van der Waals surface area (Å²) in [5.74, 6) is 1.22. The zero-order valence-electron chi connectivity index (χ0n) is 19.1. The largest absolute Gasteiger partial charge is 0.497 e. The molecule has 1 unspecified atom stereocenters. The van der Waals surface area contributed by atoms with Crippen LogP contribution in [0, 0.1) is 0 Å². The quantitative estimate of drug-likeness (QED) is 0.354. The molecule has 0 bridgehead atoms. The van der Waals surface area contributed by atoms with Crippen molar-refractivity contribution in [2.45, 2.75) is 24.7 Å². The molecule has 0 spiro atoms. The van der Waals surface area contributed by atoms with E-state index in [1.807, 2.05) is 6.92 Å². The van der Waals surface area contributed by atoms with Crippen LogP contribution in [0.15, 0.2) is 53.7 Å². The first-order valence-corrected chi connectivity index (χ1v) is 11.5. The summed E-state index contributed by atoms with van der Waals surface area (Å²) in [4.78, 5) is 25.0. The number of anilines is 1. The highest BCUT2D eigenvalue weighted by molar-refractivity contribution is 7.99. The van der Waals surface area contributed by atoms with E-state index in [0.717, 1.165) is 0 Å². The monoisotopic (exact) mass is 485 g/mol. The first kappa shape index (κ1) is 25.1. The average Bonchev–Trinajstić information content (AvgIpc) is 3.28. The van der Waals surface area contributed by atoms with Crippen LogP contribution in [0.5, 0.6) is 11.5 Å². The van der Waals surface area contributed by atoms with Crippen LogP contribution in [0.1, 0.15) is 29.1 Å². The number of carbonyl (C=O) groups is 2. The van der Waals surface area contributed by atoms with E-state index in [2.05, 4.69) is 20.8 Å². The third kappa shape index (κ3) is 6.27. The van der Waals surface area contributed by atoms with Crippen LogP contribution in [0.3, 0.4) is 0 Å². The van der Waals surface area contributed by atoms with Crippen LogP contribution in [0.25, 0.3) is 0 Å². The molecule has 34 heavy (non-hydrogen) atoms. The number of ether oxygens (including phenoxy) is 2. The van der Waals surface area contributed by atoms with Crippen molar-refractivity contribution in [1.82, 2.24) is 20.1 Å². The molecular weight excluding hydrogens is 458 g/mol. The molecule has 0 aliphatic rings. The number of benzene rings is 2. The van der Waals surface area contributed by atoms with E-state index in [1.165, 1.54) is 11.8 Å². The molecule has 2 amide bonds. The highest BCUT2D eigenvalue weighted by Crippen LogP contribution is 2.22. The van der Waals surface area contributed by atoms with E-state index < -0.39 is 6.04 Å². The second-order valence-electron chi connectivity index (χ2n) is 7.09. The summed E-state index contributed by atoms with van der Waals surface area (Å²) in [7, 11) is 3.11. The van der Waals surface area contributed by atoms with Gasteiger partial charge in [-0.2, -0.15) is 0 Å². The fourth-order valence-corrected chi connectivity index (χ4v) is 3.98. The fourth-order valence-electron chi connectivity index (χ4n) is 3.17. The molecule has 180 valence electrons. The summed E-state index contributed by atoms with van der Waals surface area (Å²) in [6.45, 7) is 2.03. The number of hydrogen-bond donors (Lipinski definition) is 3. The Morgan fingerprint density at radius 3 is 2.47 bits per heavy atom. The minimum Gasteiger partial charge on any atom is -0.497 e. The molecule has 0 radical (unpaired) electrons. The molecule has 11 heteroatoms. The molecular formula is C23H27N5O5S. The van der Waals surface area contributed by atoms with Crippen LogP contribution in [0.4, 0.5) is 5.69 Å². The summed E-state index contributed by atoms with van der Waals surface area (Å²) in [6, 6.07) is 13.0. The van der Waals surface area contributed by atoms with Crippen LogP contribution in [-0.2, 0) is 11.3 Å². The maximum atomic E-state index is 12.6. The third-order valence-electron chi connectivity index (χ3n) is 4.90. The number of rotatable bonds is 11. The van der Waals surface area contributed by atoms with Gasteiger partial charge < -0.3 is 29.8 Å². The van der Waals surface area contributed by atoms with Gasteiger partial charge in [-0.05, 0) is 43.3 Å². The second kappa shape index (κ2) is 12.1. The van der Waals surface area contributed by atoms with Crippen molar-refractivity contribution >= 4 is 29.3 Å². The predicted molar refractivity (Wildman–Crippen MR) is 128 cm³/mol. The highest BCUT2D eigenvalue weighted by atomic mass is 32.2. The first-order chi connectivity index (χ1) is 16.5. The van der Waals surface area contributed by atoms with Gasteiger partial charge in [0.15, 0.2) is 11.0 Å². The van der Waals surface area contributed by atoms with Crippen molar-refractivity contribution < 1.29 is 24.2 Å². The van der Waals surface area contributed by atoms with Crippen LogP contribution in [-0.4, -0.2) is 58.3 Å². The van der Waals surface area contributed by atoms with Gasteiger partial charge in [-0.15, -0.1) is 10.2 Å². The summed E-state index contributed by atoms with van der Waals surface area (Å²) >= 11 is 1.21. The normalized spacial score (nSPS) is 11.5. The van der Waals surface area contributed by atoms with Gasteiger partial charge in [0.2, 0.25) is 5.91 Å². The highest BCUT2D eigenvalue weighted by Gasteiger charge is 2.23. The Balaban J connectivity index is 1.65. The standard InChI is InChI=1S/C23H27N5O5S/c1-4-28-21(19(13-29)25-22(31)15-8-10-17(32-2)11-9-15)26-27-23(28)34-14-20(30)24-16-6-5-7-18(12-16)33-3/h5-12,19,29H,4,13-14H2,1-3H3,(H,24,30)(H,25,31). The number of nitrogens with one attached hydrogen (secondary N) is 2. The summed E-state index contributed by atoms with van der Waals surface area (Å²) < 4.78 is 12.0. The van der Waals surface area contributed by atoms with E-state index in [-0.39, 0.29) is 24.2 Å². The number of aromatic nitrogens is 3. The van der Waals surface area contributed by atoms with Gasteiger partial charge in [-0.3, -0.25) is 9.59 Å². The lowest BCUT2D eigenvalue weighted by Crippen LogP contribution is -2.32. The first-order valence-electron chi connectivity index (χ1n) is 10.5. The minimum absolute atomic E-state index is 0.108. The van der Waals surface area contributed by atoms with Crippen molar-refractivity contribution in [2.75, 3.05) is 31.9 Å². The van der Waals surface area contributed by atoms with Gasteiger partial charge >= 0.3 is 0 Å². The number of thioether (sulfide) groups is 1. The Labute approximate surface area is 201 Å². The zero-order chi connectivity index (χ0) is 24.5. The smallest absolute Gasteiger partial charge is 0.251 e. The van der Waals surface area contributed by atoms with Gasteiger partial charge in [0, 0.05) is 23.9 Å². The molecule has 3 N–H and O–H groups in total. The maximum Gasteiger partial charge on any atom is 0.251 e. The van der Waals surface area contributed by atoms with E-state index in [4.69, 9.17) is 9.47 Å². The molecule has 3 aromatic rings. The summed E-state index contributed by atoms with van der Waals surface area (Å²) in [6.07, 6.45) is 0. The molecule has 1 heterocycles. The van der Waals surface area contributed by atoms with Gasteiger partial charge in [0.05, 0.1) is 26.6 Å². The number of aliphatic hydroxyl groups is 1. The lowest BCUT2D eigenvalue weighted by molar-refractivity contribution is -0.113. The van der Waals surface area contributed by atoms with Crippen molar-refractivity contribution in [1.29, 1.82) is 0 Å². The molecule has 0 fully saturated rings. The summed E-state index contributed by atoms with van der Waals surface area (Å²) in [5, 5.41) is 24.3. The number of hydrogen-bond acceptors (Lipinski definition) is 8. The Hall–Kier alpha value is -3.57. The average molecular weight is 486 g/mol.